The summed E-state index contributed by atoms with van der Waals surface area (Å²) in [7, 11) is 0. The number of benzene rings is 6. The molecule has 0 atom stereocenters. The minimum Gasteiger partial charge on any atom is -0.457 e. The summed E-state index contributed by atoms with van der Waals surface area (Å²) < 4.78 is 12.7. The minimum absolute atomic E-state index is 0.656. The third-order valence-corrected chi connectivity index (χ3v) is 6.67. The van der Waals surface area contributed by atoms with Crippen LogP contribution in [-0.4, -0.2) is 0 Å². The van der Waals surface area contributed by atoms with E-state index in [9.17, 15) is 0 Å². The molecule has 0 aromatic heterocycles. The Labute approximate surface area is 234 Å². The van der Waals surface area contributed by atoms with E-state index in [-0.39, 0.29) is 0 Å². The Morgan fingerprint density at radius 1 is 0.325 bits per heavy atom. The van der Waals surface area contributed by atoms with E-state index in [1.165, 1.54) is 0 Å². The quantitative estimate of drug-likeness (QED) is 0.206. The topological polar surface area (TPSA) is 70.5 Å². The van der Waals surface area contributed by atoms with E-state index in [0.717, 1.165) is 44.9 Å². The number of hydrogen-bond donors (Lipinski definition) is 2. The second kappa shape index (κ2) is 11.1. The van der Waals surface area contributed by atoms with Crippen LogP contribution in [0, 0.1) is 0 Å². The van der Waals surface area contributed by atoms with Gasteiger partial charge in [0.25, 0.3) is 0 Å². The Morgan fingerprint density at radius 3 is 1.02 bits per heavy atom. The van der Waals surface area contributed by atoms with Crippen molar-refractivity contribution in [2.24, 2.45) is 0 Å². The molecule has 0 heterocycles. The predicted octanol–water partition coefficient (Wildman–Crippen LogP) is 9.44. The van der Waals surface area contributed by atoms with Crippen LogP contribution in [0.5, 0.6) is 23.0 Å². The van der Waals surface area contributed by atoms with Gasteiger partial charge < -0.3 is 20.9 Å². The fourth-order valence-electron chi connectivity index (χ4n) is 4.87. The van der Waals surface area contributed by atoms with Crippen molar-refractivity contribution in [2.75, 3.05) is 11.5 Å². The molecule has 0 unspecified atom stereocenters. The smallest absolute Gasteiger partial charge is 0.135 e. The molecule has 0 amide bonds. The molecule has 0 saturated heterocycles. The Bertz CT molecular complexity index is 1660. The Morgan fingerprint density at radius 2 is 0.650 bits per heavy atom. The molecule has 0 fully saturated rings. The fourth-order valence-corrected chi connectivity index (χ4v) is 4.87. The molecule has 0 bridgehead atoms. The number of nitrogen functional groups attached to an aromatic ring is 2. The molecular formula is C36H28N2O2. The first-order valence-electron chi connectivity index (χ1n) is 13.1. The molecule has 4 nitrogen and oxygen atoms in total. The van der Waals surface area contributed by atoms with Gasteiger partial charge in [0, 0.05) is 34.6 Å². The standard InChI is InChI=1S/C36H28N2O2/c37-25-11-9-13-27(23-25)39-35-21-7-5-19-33(35)31-17-3-1-15-29(31)30-16-2-4-18-32(30)34-20-6-8-22-36(34)40-28-14-10-12-26(38)24-28/h1-24H,37-38H2. The molecule has 0 aliphatic heterocycles. The van der Waals surface area contributed by atoms with Crippen LogP contribution in [0.3, 0.4) is 0 Å². The lowest BCUT2D eigenvalue weighted by Gasteiger charge is -2.18. The number of rotatable bonds is 7. The molecule has 0 aliphatic carbocycles. The minimum atomic E-state index is 0.656. The zero-order chi connectivity index (χ0) is 27.3. The van der Waals surface area contributed by atoms with E-state index in [1.54, 1.807) is 0 Å². The van der Waals surface area contributed by atoms with Gasteiger partial charge in [0.1, 0.15) is 23.0 Å². The van der Waals surface area contributed by atoms with Gasteiger partial charge in [0.15, 0.2) is 0 Å². The van der Waals surface area contributed by atoms with E-state index in [0.29, 0.717) is 22.9 Å². The van der Waals surface area contributed by atoms with Gasteiger partial charge >= 0.3 is 0 Å². The number of hydrogen-bond acceptors (Lipinski definition) is 4. The lowest BCUT2D eigenvalue weighted by atomic mass is 9.89. The summed E-state index contributed by atoms with van der Waals surface area (Å²) in [6, 6.07) is 47.9. The maximum Gasteiger partial charge on any atom is 0.135 e. The highest BCUT2D eigenvalue weighted by molar-refractivity contribution is 5.94. The summed E-state index contributed by atoms with van der Waals surface area (Å²) in [6.07, 6.45) is 0. The van der Waals surface area contributed by atoms with Crippen molar-refractivity contribution in [1.82, 2.24) is 0 Å². The summed E-state index contributed by atoms with van der Waals surface area (Å²) >= 11 is 0. The first-order chi connectivity index (χ1) is 19.7. The van der Waals surface area contributed by atoms with Gasteiger partial charge in [-0.2, -0.15) is 0 Å². The van der Waals surface area contributed by atoms with E-state index in [1.807, 2.05) is 84.9 Å². The maximum atomic E-state index is 6.34. The Hall–Kier alpha value is -5.48. The highest BCUT2D eigenvalue weighted by Crippen LogP contribution is 2.44. The van der Waals surface area contributed by atoms with E-state index >= 15 is 0 Å². The van der Waals surface area contributed by atoms with Crippen LogP contribution >= 0.6 is 0 Å². The van der Waals surface area contributed by atoms with Crippen LogP contribution < -0.4 is 20.9 Å². The zero-order valence-electron chi connectivity index (χ0n) is 21.8. The van der Waals surface area contributed by atoms with E-state index < -0.39 is 0 Å². The van der Waals surface area contributed by atoms with Crippen molar-refractivity contribution in [3.63, 3.8) is 0 Å². The number of nitrogens with two attached hydrogens (primary N) is 2. The third-order valence-electron chi connectivity index (χ3n) is 6.67. The first kappa shape index (κ1) is 24.8. The monoisotopic (exact) mass is 520 g/mol. The maximum absolute atomic E-state index is 6.34. The van der Waals surface area contributed by atoms with Crippen LogP contribution in [0.25, 0.3) is 33.4 Å². The highest BCUT2D eigenvalue weighted by atomic mass is 16.5. The van der Waals surface area contributed by atoms with Crippen LogP contribution in [0.4, 0.5) is 11.4 Å². The molecular weight excluding hydrogens is 492 g/mol. The van der Waals surface area contributed by atoms with E-state index in [2.05, 4.69) is 60.7 Å². The van der Waals surface area contributed by atoms with Gasteiger partial charge in [-0.1, -0.05) is 97.1 Å². The Kier molecular flexibility index (Phi) is 6.89. The second-order valence-electron chi connectivity index (χ2n) is 9.43. The molecule has 0 spiro atoms. The Balaban J connectivity index is 1.45. The fraction of sp³-hybridized carbons (Fsp3) is 0. The summed E-state index contributed by atoms with van der Waals surface area (Å²) in [5.74, 6) is 2.89. The van der Waals surface area contributed by atoms with Crippen molar-refractivity contribution in [3.05, 3.63) is 146 Å². The lowest BCUT2D eigenvalue weighted by molar-refractivity contribution is 0.484. The van der Waals surface area contributed by atoms with E-state index in [4.69, 9.17) is 20.9 Å². The molecule has 40 heavy (non-hydrogen) atoms. The van der Waals surface area contributed by atoms with Crippen molar-refractivity contribution in [2.45, 2.75) is 0 Å². The van der Waals surface area contributed by atoms with Gasteiger partial charge in [0.2, 0.25) is 0 Å². The predicted molar refractivity (Wildman–Crippen MR) is 165 cm³/mol. The normalized spacial score (nSPS) is 10.7. The van der Waals surface area contributed by atoms with Gasteiger partial charge in [-0.3, -0.25) is 0 Å². The molecule has 6 aromatic rings. The van der Waals surface area contributed by atoms with Gasteiger partial charge in [-0.25, -0.2) is 0 Å². The zero-order valence-corrected chi connectivity index (χ0v) is 21.8. The van der Waals surface area contributed by atoms with Crippen LogP contribution in [0.15, 0.2) is 146 Å². The van der Waals surface area contributed by atoms with Crippen LogP contribution in [0.2, 0.25) is 0 Å². The SMILES string of the molecule is Nc1cccc(Oc2ccccc2-c2ccccc2-c2ccccc2-c2ccccc2Oc2cccc(N)c2)c1. The molecule has 0 radical (unpaired) electrons. The van der Waals surface area contributed by atoms with Crippen molar-refractivity contribution >= 4 is 11.4 Å². The molecule has 0 saturated carbocycles. The summed E-state index contributed by atoms with van der Waals surface area (Å²) in [5.41, 5.74) is 19.6. The lowest BCUT2D eigenvalue weighted by Crippen LogP contribution is -1.94. The van der Waals surface area contributed by atoms with Crippen molar-refractivity contribution in [3.8, 4) is 56.4 Å². The molecule has 194 valence electrons. The number of ether oxygens (including phenoxy) is 2. The van der Waals surface area contributed by atoms with Gasteiger partial charge in [0.05, 0.1) is 0 Å². The summed E-state index contributed by atoms with van der Waals surface area (Å²) in [5, 5.41) is 0. The van der Waals surface area contributed by atoms with Gasteiger partial charge in [-0.15, -0.1) is 0 Å². The third kappa shape index (κ3) is 5.24. The largest absolute Gasteiger partial charge is 0.457 e. The number of para-hydroxylation sites is 2. The van der Waals surface area contributed by atoms with Crippen molar-refractivity contribution < 1.29 is 9.47 Å². The van der Waals surface area contributed by atoms with Crippen LogP contribution in [-0.2, 0) is 0 Å². The van der Waals surface area contributed by atoms with Crippen molar-refractivity contribution in [1.29, 1.82) is 0 Å². The van der Waals surface area contributed by atoms with Gasteiger partial charge in [-0.05, 0) is 58.7 Å². The molecule has 6 rings (SSSR count). The first-order valence-corrected chi connectivity index (χ1v) is 13.1. The summed E-state index contributed by atoms with van der Waals surface area (Å²) in [4.78, 5) is 0. The number of anilines is 2. The molecule has 0 aliphatic rings. The summed E-state index contributed by atoms with van der Waals surface area (Å²) in [6.45, 7) is 0. The second-order valence-corrected chi connectivity index (χ2v) is 9.43. The molecule has 6 aromatic carbocycles. The molecule has 4 heteroatoms. The average molecular weight is 521 g/mol. The highest BCUT2D eigenvalue weighted by Gasteiger charge is 2.17. The molecule has 4 N–H and O–H groups in total. The van der Waals surface area contributed by atoms with Crippen LogP contribution in [0.1, 0.15) is 0 Å². The average Bonchev–Trinajstić information content (AvgIpc) is 2.98.